The second-order valence-corrected chi connectivity index (χ2v) is 3.89. The molecule has 2 heterocycles. The summed E-state index contributed by atoms with van der Waals surface area (Å²) < 4.78 is 10.9. The van der Waals surface area contributed by atoms with E-state index >= 15 is 0 Å². The highest BCUT2D eigenvalue weighted by molar-refractivity contribution is 5.53. The van der Waals surface area contributed by atoms with Crippen LogP contribution in [-0.2, 0) is 4.74 Å². The second kappa shape index (κ2) is 4.49. The zero-order valence-corrected chi connectivity index (χ0v) is 8.90. The Morgan fingerprint density at radius 1 is 1.67 bits per heavy atom. The largest absolute Gasteiger partial charge is 0.476 e. The first-order valence-electron chi connectivity index (χ1n) is 5.19. The summed E-state index contributed by atoms with van der Waals surface area (Å²) in [7, 11) is 0. The van der Waals surface area contributed by atoms with Gasteiger partial charge in [0, 0.05) is 18.7 Å². The predicted octanol–water partition coefficient (Wildman–Crippen LogP) is 1.39. The molecule has 0 amide bonds. The highest BCUT2D eigenvalue weighted by Crippen LogP contribution is 2.22. The quantitative estimate of drug-likeness (QED) is 0.815. The molecule has 0 aliphatic carbocycles. The van der Waals surface area contributed by atoms with Crippen molar-refractivity contribution < 1.29 is 9.47 Å². The normalized spacial score (nSPS) is 20.5. The van der Waals surface area contributed by atoms with Gasteiger partial charge in [0.05, 0.1) is 18.9 Å². The molecule has 1 unspecified atom stereocenters. The lowest BCUT2D eigenvalue weighted by Gasteiger charge is -2.11. The summed E-state index contributed by atoms with van der Waals surface area (Å²) in [4.78, 5) is 4.11. The van der Waals surface area contributed by atoms with Crippen LogP contribution in [-0.4, -0.2) is 24.8 Å². The van der Waals surface area contributed by atoms with Crippen molar-refractivity contribution >= 4 is 5.69 Å². The van der Waals surface area contributed by atoms with Crippen LogP contribution >= 0.6 is 0 Å². The molecule has 0 saturated carbocycles. The van der Waals surface area contributed by atoms with Crippen molar-refractivity contribution in [1.29, 1.82) is 0 Å². The summed E-state index contributed by atoms with van der Waals surface area (Å²) >= 11 is 0. The van der Waals surface area contributed by atoms with Crippen molar-refractivity contribution in [2.24, 2.45) is 5.92 Å². The third-order valence-corrected chi connectivity index (χ3v) is 2.65. The van der Waals surface area contributed by atoms with Crippen LogP contribution < -0.4 is 10.5 Å². The summed E-state index contributed by atoms with van der Waals surface area (Å²) in [5, 5.41) is 0. The molecule has 1 aromatic rings. The fourth-order valence-corrected chi connectivity index (χ4v) is 1.57. The molecule has 1 aliphatic heterocycles. The smallest absolute Gasteiger partial charge is 0.237 e. The van der Waals surface area contributed by atoms with Crippen LogP contribution in [0.25, 0.3) is 0 Å². The number of nitrogens with two attached hydrogens (primary N) is 1. The molecular weight excluding hydrogens is 192 g/mol. The molecule has 1 aromatic heterocycles. The number of aromatic nitrogens is 1. The minimum Gasteiger partial charge on any atom is -0.476 e. The van der Waals surface area contributed by atoms with Gasteiger partial charge in [-0.1, -0.05) is 0 Å². The minimum atomic E-state index is 0.478. The van der Waals surface area contributed by atoms with Gasteiger partial charge in [-0.15, -0.1) is 0 Å². The Balaban J connectivity index is 1.95. The average molecular weight is 208 g/mol. The van der Waals surface area contributed by atoms with Gasteiger partial charge in [0.1, 0.15) is 0 Å². The molecule has 1 saturated heterocycles. The molecule has 0 radical (unpaired) electrons. The summed E-state index contributed by atoms with van der Waals surface area (Å²) in [5.74, 6) is 1.02. The molecule has 1 fully saturated rings. The number of anilines is 1. The predicted molar refractivity (Wildman–Crippen MR) is 57.8 cm³/mol. The van der Waals surface area contributed by atoms with Crippen molar-refractivity contribution in [1.82, 2.24) is 4.98 Å². The Bertz CT molecular complexity index is 335. The highest BCUT2D eigenvalue weighted by Gasteiger charge is 2.17. The molecule has 0 aromatic carbocycles. The minimum absolute atomic E-state index is 0.478. The number of pyridine rings is 1. The fourth-order valence-electron chi connectivity index (χ4n) is 1.57. The van der Waals surface area contributed by atoms with E-state index in [0.29, 0.717) is 24.1 Å². The number of nitrogen functional groups attached to an aromatic ring is 1. The van der Waals surface area contributed by atoms with Crippen LogP contribution in [0.3, 0.4) is 0 Å². The van der Waals surface area contributed by atoms with E-state index in [2.05, 4.69) is 4.98 Å². The fraction of sp³-hybridized carbons (Fsp3) is 0.545. The van der Waals surface area contributed by atoms with E-state index in [4.69, 9.17) is 15.2 Å². The van der Waals surface area contributed by atoms with Gasteiger partial charge in [-0.25, -0.2) is 4.98 Å². The number of ether oxygens (including phenoxy) is 2. The van der Waals surface area contributed by atoms with Gasteiger partial charge >= 0.3 is 0 Å². The highest BCUT2D eigenvalue weighted by atomic mass is 16.5. The summed E-state index contributed by atoms with van der Waals surface area (Å²) in [5.41, 5.74) is 7.49. The SMILES string of the molecule is Cc1ccnc(OCC2CCOC2)c1N. The van der Waals surface area contributed by atoms with E-state index in [0.717, 1.165) is 25.2 Å². The zero-order valence-electron chi connectivity index (χ0n) is 8.90. The molecule has 2 rings (SSSR count). The van der Waals surface area contributed by atoms with Gasteiger partial charge in [0.25, 0.3) is 0 Å². The molecule has 1 atom stereocenters. The van der Waals surface area contributed by atoms with Gasteiger partial charge in [-0.3, -0.25) is 0 Å². The molecule has 0 bridgehead atoms. The van der Waals surface area contributed by atoms with Crippen LogP contribution in [0.1, 0.15) is 12.0 Å². The number of hydrogen-bond acceptors (Lipinski definition) is 4. The van der Waals surface area contributed by atoms with E-state index in [1.165, 1.54) is 0 Å². The molecule has 15 heavy (non-hydrogen) atoms. The molecule has 4 nitrogen and oxygen atoms in total. The second-order valence-electron chi connectivity index (χ2n) is 3.89. The number of hydrogen-bond donors (Lipinski definition) is 1. The van der Waals surface area contributed by atoms with Crippen molar-refractivity contribution in [3.8, 4) is 5.88 Å². The summed E-state index contributed by atoms with van der Waals surface area (Å²) in [6, 6.07) is 1.88. The van der Waals surface area contributed by atoms with Crippen LogP contribution in [0.4, 0.5) is 5.69 Å². The van der Waals surface area contributed by atoms with Crippen LogP contribution in [0.2, 0.25) is 0 Å². The molecule has 4 heteroatoms. The van der Waals surface area contributed by atoms with Crippen LogP contribution in [0.5, 0.6) is 5.88 Å². The summed E-state index contributed by atoms with van der Waals surface area (Å²) in [6.07, 6.45) is 2.78. The topological polar surface area (TPSA) is 57.4 Å². The molecule has 0 spiro atoms. The number of rotatable bonds is 3. The first kappa shape index (κ1) is 10.2. The van der Waals surface area contributed by atoms with Crippen molar-refractivity contribution in [2.45, 2.75) is 13.3 Å². The monoisotopic (exact) mass is 208 g/mol. The van der Waals surface area contributed by atoms with Crippen molar-refractivity contribution in [3.05, 3.63) is 17.8 Å². The van der Waals surface area contributed by atoms with Gasteiger partial charge in [0.2, 0.25) is 5.88 Å². The van der Waals surface area contributed by atoms with Gasteiger partial charge < -0.3 is 15.2 Å². The van der Waals surface area contributed by atoms with Crippen molar-refractivity contribution in [3.63, 3.8) is 0 Å². The van der Waals surface area contributed by atoms with E-state index in [1.54, 1.807) is 6.20 Å². The maximum absolute atomic E-state index is 5.85. The average Bonchev–Trinajstić information content (AvgIpc) is 2.73. The standard InChI is InChI=1S/C11H16N2O2/c1-8-2-4-13-11(10(8)12)15-7-9-3-5-14-6-9/h2,4,9H,3,5-7,12H2,1H3. The lowest BCUT2D eigenvalue weighted by molar-refractivity contribution is 0.166. The first-order valence-corrected chi connectivity index (χ1v) is 5.19. The van der Waals surface area contributed by atoms with Gasteiger partial charge in [0.15, 0.2) is 0 Å². The lowest BCUT2D eigenvalue weighted by Crippen LogP contribution is -2.13. The van der Waals surface area contributed by atoms with E-state index < -0.39 is 0 Å². The van der Waals surface area contributed by atoms with Crippen LogP contribution in [0, 0.1) is 12.8 Å². The van der Waals surface area contributed by atoms with E-state index in [1.807, 2.05) is 13.0 Å². The molecule has 1 aliphatic rings. The lowest BCUT2D eigenvalue weighted by atomic mass is 10.1. The van der Waals surface area contributed by atoms with E-state index in [-0.39, 0.29) is 0 Å². The van der Waals surface area contributed by atoms with Crippen LogP contribution in [0.15, 0.2) is 12.3 Å². The molecule has 2 N–H and O–H groups in total. The summed E-state index contributed by atoms with van der Waals surface area (Å²) in [6.45, 7) is 4.21. The Morgan fingerprint density at radius 2 is 2.53 bits per heavy atom. The molecule has 82 valence electrons. The number of aryl methyl sites for hydroxylation is 1. The third kappa shape index (κ3) is 2.39. The Morgan fingerprint density at radius 3 is 3.27 bits per heavy atom. The van der Waals surface area contributed by atoms with Gasteiger partial charge in [-0.05, 0) is 25.0 Å². The van der Waals surface area contributed by atoms with Crippen molar-refractivity contribution in [2.75, 3.05) is 25.6 Å². The number of nitrogens with zero attached hydrogens (tertiary/aromatic N) is 1. The zero-order chi connectivity index (χ0) is 10.7. The van der Waals surface area contributed by atoms with E-state index in [9.17, 15) is 0 Å². The Kier molecular flexibility index (Phi) is 3.06. The first-order chi connectivity index (χ1) is 7.27. The Labute approximate surface area is 89.4 Å². The maximum Gasteiger partial charge on any atom is 0.237 e. The molecular formula is C11H16N2O2. The Hall–Kier alpha value is -1.29. The van der Waals surface area contributed by atoms with Gasteiger partial charge in [-0.2, -0.15) is 0 Å². The third-order valence-electron chi connectivity index (χ3n) is 2.65. The maximum atomic E-state index is 5.85.